The summed E-state index contributed by atoms with van der Waals surface area (Å²) in [6.07, 6.45) is 1.31. The molecule has 3 atom stereocenters. The highest BCUT2D eigenvalue weighted by molar-refractivity contribution is 5.69. The van der Waals surface area contributed by atoms with Crippen LogP contribution in [0.5, 0.6) is 0 Å². The highest BCUT2D eigenvalue weighted by Gasteiger charge is 2.40. The molecular formula is C32H40N2O3. The number of rotatable bonds is 8. The number of carbonyl (C=O) groups is 1. The predicted octanol–water partition coefficient (Wildman–Crippen LogP) is 6.58. The van der Waals surface area contributed by atoms with Crippen LogP contribution in [0.3, 0.4) is 0 Å². The van der Waals surface area contributed by atoms with Crippen LogP contribution in [0.1, 0.15) is 62.8 Å². The van der Waals surface area contributed by atoms with Gasteiger partial charge in [0, 0.05) is 25.7 Å². The molecule has 1 N–H and O–H groups in total. The first-order valence-corrected chi connectivity index (χ1v) is 13.3. The molecule has 0 aliphatic carbocycles. The van der Waals surface area contributed by atoms with Gasteiger partial charge >= 0.3 is 6.09 Å². The quantitative estimate of drug-likeness (QED) is 0.380. The molecule has 1 amide bonds. The zero-order valence-corrected chi connectivity index (χ0v) is 22.3. The van der Waals surface area contributed by atoms with Gasteiger partial charge in [-0.1, -0.05) is 91.0 Å². The van der Waals surface area contributed by atoms with E-state index in [9.17, 15) is 9.90 Å². The average Bonchev–Trinajstić information content (AvgIpc) is 2.89. The molecule has 1 saturated heterocycles. The number of hydrogen-bond donors (Lipinski definition) is 1. The molecule has 196 valence electrons. The fourth-order valence-corrected chi connectivity index (χ4v) is 5.26. The van der Waals surface area contributed by atoms with Gasteiger partial charge in [-0.25, -0.2) is 4.79 Å². The summed E-state index contributed by atoms with van der Waals surface area (Å²) in [6.45, 7) is 7.86. The van der Waals surface area contributed by atoms with Crippen LogP contribution in [-0.2, 0) is 17.8 Å². The lowest BCUT2D eigenvalue weighted by atomic mass is 9.88. The molecule has 1 heterocycles. The Morgan fingerprint density at radius 1 is 0.919 bits per heavy atom. The number of ether oxygens (including phenoxy) is 1. The zero-order valence-electron chi connectivity index (χ0n) is 22.3. The summed E-state index contributed by atoms with van der Waals surface area (Å²) in [6, 6.07) is 30.6. The SMILES string of the molecule is CC(C)(C)OC(=O)N1CCC[C@H](N(Cc2ccccc2)Cc2ccccc2)[C@@H]1CC(O)c1ccccc1. The Hall–Kier alpha value is -3.15. The van der Waals surface area contributed by atoms with Crippen LogP contribution >= 0.6 is 0 Å². The molecule has 0 aromatic heterocycles. The number of piperidine rings is 1. The summed E-state index contributed by atoms with van der Waals surface area (Å²) in [5, 5.41) is 11.3. The first-order valence-electron chi connectivity index (χ1n) is 13.3. The number of nitrogens with zero attached hydrogens (tertiary/aromatic N) is 2. The van der Waals surface area contributed by atoms with Gasteiger partial charge in [-0.05, 0) is 56.7 Å². The van der Waals surface area contributed by atoms with Crippen molar-refractivity contribution in [3.8, 4) is 0 Å². The number of likely N-dealkylation sites (tertiary alicyclic amines) is 1. The number of benzene rings is 3. The van der Waals surface area contributed by atoms with Crippen molar-refractivity contribution < 1.29 is 14.6 Å². The number of hydrogen-bond acceptors (Lipinski definition) is 4. The van der Waals surface area contributed by atoms with Gasteiger partial charge in [0.15, 0.2) is 0 Å². The number of aliphatic hydroxyl groups excluding tert-OH is 1. The van der Waals surface area contributed by atoms with Crippen molar-refractivity contribution in [2.24, 2.45) is 0 Å². The topological polar surface area (TPSA) is 53.0 Å². The maximum absolute atomic E-state index is 13.4. The van der Waals surface area contributed by atoms with Gasteiger partial charge in [0.25, 0.3) is 0 Å². The second-order valence-electron chi connectivity index (χ2n) is 11.0. The minimum Gasteiger partial charge on any atom is -0.444 e. The van der Waals surface area contributed by atoms with Gasteiger partial charge in [0.05, 0.1) is 12.1 Å². The van der Waals surface area contributed by atoms with E-state index in [1.54, 1.807) is 0 Å². The Bertz CT molecular complexity index is 1060. The van der Waals surface area contributed by atoms with E-state index >= 15 is 0 Å². The van der Waals surface area contributed by atoms with E-state index < -0.39 is 11.7 Å². The molecule has 1 aliphatic rings. The van der Waals surface area contributed by atoms with E-state index in [1.165, 1.54) is 11.1 Å². The zero-order chi connectivity index (χ0) is 26.3. The maximum atomic E-state index is 13.4. The lowest BCUT2D eigenvalue weighted by molar-refractivity contribution is -0.0255. The first kappa shape index (κ1) is 26.9. The standard InChI is InChI=1S/C32H40N2O3/c1-32(2,3)37-31(36)34-21-13-20-28(29(34)22-30(35)27-18-11-6-12-19-27)33(23-25-14-7-4-8-15-25)24-26-16-9-5-10-17-26/h4-12,14-19,28-30,35H,13,20-24H2,1-3H3/t28-,29-,30?/m0/s1. The molecule has 1 unspecified atom stereocenters. The lowest BCUT2D eigenvalue weighted by Crippen LogP contribution is -2.57. The van der Waals surface area contributed by atoms with Gasteiger partial charge in [0.1, 0.15) is 5.60 Å². The smallest absolute Gasteiger partial charge is 0.410 e. The molecule has 1 aliphatic heterocycles. The summed E-state index contributed by atoms with van der Waals surface area (Å²) in [5.74, 6) is 0. The molecule has 4 rings (SSSR count). The van der Waals surface area contributed by atoms with Crippen molar-refractivity contribution in [1.82, 2.24) is 9.80 Å². The van der Waals surface area contributed by atoms with Gasteiger partial charge in [0.2, 0.25) is 0 Å². The molecule has 3 aromatic carbocycles. The molecule has 0 bridgehead atoms. The molecule has 5 heteroatoms. The fraction of sp³-hybridized carbons (Fsp3) is 0.406. The number of aliphatic hydroxyl groups is 1. The molecule has 0 spiro atoms. The van der Waals surface area contributed by atoms with E-state index in [0.29, 0.717) is 13.0 Å². The van der Waals surface area contributed by atoms with Gasteiger partial charge in [-0.2, -0.15) is 0 Å². The minimum atomic E-state index is -0.674. The summed E-state index contributed by atoms with van der Waals surface area (Å²) in [7, 11) is 0. The largest absolute Gasteiger partial charge is 0.444 e. The Kier molecular flexibility index (Phi) is 9.01. The van der Waals surface area contributed by atoms with E-state index in [2.05, 4.69) is 53.4 Å². The van der Waals surface area contributed by atoms with Crippen molar-refractivity contribution in [2.75, 3.05) is 6.54 Å². The van der Waals surface area contributed by atoms with Crippen LogP contribution in [0.15, 0.2) is 91.0 Å². The summed E-state index contributed by atoms with van der Waals surface area (Å²) >= 11 is 0. The third-order valence-electron chi connectivity index (χ3n) is 6.95. The third kappa shape index (κ3) is 7.67. The Morgan fingerprint density at radius 3 is 1.95 bits per heavy atom. The maximum Gasteiger partial charge on any atom is 0.410 e. The van der Waals surface area contributed by atoms with Gasteiger partial charge < -0.3 is 14.7 Å². The molecule has 0 radical (unpaired) electrons. The van der Waals surface area contributed by atoms with E-state index in [-0.39, 0.29) is 18.2 Å². The molecular weight excluding hydrogens is 460 g/mol. The van der Waals surface area contributed by atoms with E-state index in [0.717, 1.165) is 31.5 Å². The van der Waals surface area contributed by atoms with Crippen LogP contribution in [-0.4, -0.2) is 45.2 Å². The molecule has 3 aromatic rings. The summed E-state index contributed by atoms with van der Waals surface area (Å²) in [5.41, 5.74) is 2.75. The van der Waals surface area contributed by atoms with Gasteiger partial charge in [-0.15, -0.1) is 0 Å². The van der Waals surface area contributed by atoms with Crippen molar-refractivity contribution in [1.29, 1.82) is 0 Å². The fourth-order valence-electron chi connectivity index (χ4n) is 5.26. The predicted molar refractivity (Wildman–Crippen MR) is 148 cm³/mol. The van der Waals surface area contributed by atoms with Crippen LogP contribution < -0.4 is 0 Å². The van der Waals surface area contributed by atoms with Crippen LogP contribution in [0.2, 0.25) is 0 Å². The van der Waals surface area contributed by atoms with Crippen molar-refractivity contribution in [2.45, 2.75) is 76.9 Å². The van der Waals surface area contributed by atoms with Crippen molar-refractivity contribution >= 4 is 6.09 Å². The second-order valence-corrected chi connectivity index (χ2v) is 11.0. The molecule has 1 fully saturated rings. The summed E-state index contributed by atoms with van der Waals surface area (Å²) in [4.78, 5) is 17.8. The number of amides is 1. The Morgan fingerprint density at radius 2 is 1.43 bits per heavy atom. The van der Waals surface area contributed by atoms with Crippen LogP contribution in [0.25, 0.3) is 0 Å². The average molecular weight is 501 g/mol. The first-order chi connectivity index (χ1) is 17.8. The summed E-state index contributed by atoms with van der Waals surface area (Å²) < 4.78 is 5.85. The molecule has 0 saturated carbocycles. The minimum absolute atomic E-state index is 0.0695. The Labute approximate surface area is 221 Å². The normalized spacial score (nSPS) is 19.0. The molecule has 37 heavy (non-hydrogen) atoms. The highest BCUT2D eigenvalue weighted by atomic mass is 16.6. The third-order valence-corrected chi connectivity index (χ3v) is 6.95. The van der Waals surface area contributed by atoms with Crippen molar-refractivity contribution in [3.05, 3.63) is 108 Å². The number of carbonyl (C=O) groups excluding carboxylic acids is 1. The van der Waals surface area contributed by atoms with E-state index in [1.807, 2.05) is 68.1 Å². The van der Waals surface area contributed by atoms with Crippen LogP contribution in [0.4, 0.5) is 4.79 Å². The van der Waals surface area contributed by atoms with Crippen molar-refractivity contribution in [3.63, 3.8) is 0 Å². The highest BCUT2D eigenvalue weighted by Crippen LogP contribution is 2.33. The molecule has 5 nitrogen and oxygen atoms in total. The van der Waals surface area contributed by atoms with E-state index in [4.69, 9.17) is 4.74 Å². The van der Waals surface area contributed by atoms with Gasteiger partial charge in [-0.3, -0.25) is 4.90 Å². The Balaban J connectivity index is 1.67. The van der Waals surface area contributed by atoms with Crippen LogP contribution in [0, 0.1) is 0 Å². The lowest BCUT2D eigenvalue weighted by Gasteiger charge is -2.47. The second kappa shape index (κ2) is 12.4. The monoisotopic (exact) mass is 500 g/mol.